The summed E-state index contributed by atoms with van der Waals surface area (Å²) in [6.07, 6.45) is 0.966. The Hall–Kier alpha value is -2.36. The molecule has 1 aliphatic rings. The van der Waals surface area contributed by atoms with Crippen molar-refractivity contribution in [2.24, 2.45) is 0 Å². The van der Waals surface area contributed by atoms with Crippen LogP contribution in [-0.4, -0.2) is 13.2 Å². The van der Waals surface area contributed by atoms with Crippen LogP contribution >= 0.6 is 0 Å². The number of fused-ring (bicyclic) bond motifs is 1. The van der Waals surface area contributed by atoms with Gasteiger partial charge >= 0.3 is 0 Å². The van der Waals surface area contributed by atoms with Crippen molar-refractivity contribution in [3.63, 3.8) is 0 Å². The molecule has 0 unspecified atom stereocenters. The van der Waals surface area contributed by atoms with Crippen molar-refractivity contribution in [1.29, 1.82) is 0 Å². The number of anilines is 1. The molecule has 104 valence electrons. The Balaban J connectivity index is 1.90. The van der Waals surface area contributed by atoms with Gasteiger partial charge in [0.1, 0.15) is 19.0 Å². The van der Waals surface area contributed by atoms with E-state index in [1.807, 2.05) is 18.2 Å². The highest BCUT2D eigenvalue weighted by Crippen LogP contribution is 2.39. The SMILES string of the molecule is CCc1cccc(Oc2cc3c(cc2N)OCCO3)c1. The van der Waals surface area contributed by atoms with Gasteiger partial charge in [0, 0.05) is 12.1 Å². The van der Waals surface area contributed by atoms with Crippen LogP contribution in [0.1, 0.15) is 12.5 Å². The third kappa shape index (κ3) is 2.50. The van der Waals surface area contributed by atoms with Gasteiger partial charge in [-0.25, -0.2) is 0 Å². The maximum absolute atomic E-state index is 6.00. The van der Waals surface area contributed by atoms with E-state index in [-0.39, 0.29) is 0 Å². The predicted molar refractivity (Wildman–Crippen MR) is 77.7 cm³/mol. The molecule has 0 spiro atoms. The highest BCUT2D eigenvalue weighted by atomic mass is 16.6. The number of hydrogen-bond acceptors (Lipinski definition) is 4. The van der Waals surface area contributed by atoms with Gasteiger partial charge in [-0.2, -0.15) is 0 Å². The fourth-order valence-corrected chi connectivity index (χ4v) is 2.13. The van der Waals surface area contributed by atoms with Gasteiger partial charge in [-0.3, -0.25) is 0 Å². The number of benzene rings is 2. The van der Waals surface area contributed by atoms with E-state index >= 15 is 0 Å². The van der Waals surface area contributed by atoms with Crippen molar-refractivity contribution in [3.05, 3.63) is 42.0 Å². The summed E-state index contributed by atoms with van der Waals surface area (Å²) in [4.78, 5) is 0. The van der Waals surface area contributed by atoms with Gasteiger partial charge in [0.25, 0.3) is 0 Å². The van der Waals surface area contributed by atoms with Crippen LogP contribution in [0.25, 0.3) is 0 Å². The average Bonchev–Trinajstić information content (AvgIpc) is 2.48. The Kier molecular flexibility index (Phi) is 3.37. The van der Waals surface area contributed by atoms with Crippen molar-refractivity contribution in [2.45, 2.75) is 13.3 Å². The lowest BCUT2D eigenvalue weighted by Crippen LogP contribution is -2.15. The quantitative estimate of drug-likeness (QED) is 0.869. The molecule has 0 amide bonds. The van der Waals surface area contributed by atoms with E-state index in [1.165, 1.54) is 5.56 Å². The zero-order chi connectivity index (χ0) is 13.9. The molecule has 0 aromatic heterocycles. The summed E-state index contributed by atoms with van der Waals surface area (Å²) in [6, 6.07) is 11.5. The molecular formula is C16H17NO3. The summed E-state index contributed by atoms with van der Waals surface area (Å²) in [5, 5.41) is 0. The van der Waals surface area contributed by atoms with E-state index in [4.69, 9.17) is 19.9 Å². The third-order valence-electron chi connectivity index (χ3n) is 3.21. The zero-order valence-electron chi connectivity index (χ0n) is 11.4. The molecule has 1 aliphatic heterocycles. The maximum atomic E-state index is 6.00. The first-order valence-electron chi connectivity index (χ1n) is 6.72. The minimum absolute atomic E-state index is 0.538. The van der Waals surface area contributed by atoms with Gasteiger partial charge in [0.15, 0.2) is 17.2 Å². The van der Waals surface area contributed by atoms with E-state index in [9.17, 15) is 0 Å². The summed E-state index contributed by atoms with van der Waals surface area (Å²) >= 11 is 0. The van der Waals surface area contributed by atoms with Crippen LogP contribution in [0.5, 0.6) is 23.0 Å². The molecule has 2 aromatic rings. The van der Waals surface area contributed by atoms with Crippen LogP contribution in [0, 0.1) is 0 Å². The van der Waals surface area contributed by atoms with Gasteiger partial charge in [0.2, 0.25) is 0 Å². The number of nitrogen functional groups attached to an aromatic ring is 1. The highest BCUT2D eigenvalue weighted by molar-refractivity contribution is 5.63. The van der Waals surface area contributed by atoms with E-state index in [0.29, 0.717) is 36.1 Å². The highest BCUT2D eigenvalue weighted by Gasteiger charge is 2.15. The molecule has 0 fully saturated rings. The lowest BCUT2D eigenvalue weighted by molar-refractivity contribution is 0.171. The summed E-state index contributed by atoms with van der Waals surface area (Å²) in [5.41, 5.74) is 7.76. The molecular weight excluding hydrogens is 254 g/mol. The lowest BCUT2D eigenvalue weighted by Gasteiger charge is -2.20. The molecule has 3 rings (SSSR count). The Morgan fingerprint density at radius 1 is 1.10 bits per heavy atom. The van der Waals surface area contributed by atoms with Gasteiger partial charge in [0.05, 0.1) is 5.69 Å². The predicted octanol–water partition coefficient (Wildman–Crippen LogP) is 3.39. The van der Waals surface area contributed by atoms with Crippen LogP contribution in [0.2, 0.25) is 0 Å². The molecule has 0 saturated heterocycles. The van der Waals surface area contributed by atoms with Crippen LogP contribution in [0.15, 0.2) is 36.4 Å². The smallest absolute Gasteiger partial charge is 0.165 e. The molecule has 20 heavy (non-hydrogen) atoms. The maximum Gasteiger partial charge on any atom is 0.165 e. The lowest BCUT2D eigenvalue weighted by atomic mass is 10.1. The van der Waals surface area contributed by atoms with Gasteiger partial charge in [-0.15, -0.1) is 0 Å². The van der Waals surface area contributed by atoms with Gasteiger partial charge < -0.3 is 19.9 Å². The van der Waals surface area contributed by atoms with E-state index in [2.05, 4.69) is 13.0 Å². The van der Waals surface area contributed by atoms with Crippen LogP contribution < -0.4 is 19.9 Å². The first-order valence-corrected chi connectivity index (χ1v) is 6.72. The minimum Gasteiger partial charge on any atom is -0.486 e. The molecule has 0 radical (unpaired) electrons. The van der Waals surface area contributed by atoms with Crippen LogP contribution in [0.3, 0.4) is 0 Å². The van der Waals surface area contributed by atoms with Crippen molar-refractivity contribution in [1.82, 2.24) is 0 Å². The van der Waals surface area contributed by atoms with Crippen LogP contribution in [0.4, 0.5) is 5.69 Å². The zero-order valence-corrected chi connectivity index (χ0v) is 11.4. The second-order valence-corrected chi connectivity index (χ2v) is 4.64. The summed E-state index contributed by atoms with van der Waals surface area (Å²) < 4.78 is 16.9. The molecule has 2 aromatic carbocycles. The van der Waals surface area contributed by atoms with Gasteiger partial charge in [-0.05, 0) is 24.1 Å². The van der Waals surface area contributed by atoms with E-state index < -0.39 is 0 Å². The Morgan fingerprint density at radius 2 is 1.85 bits per heavy atom. The standard InChI is InChI=1S/C16H17NO3/c1-2-11-4-3-5-12(8-11)20-14-10-16-15(9-13(14)17)18-6-7-19-16/h3-5,8-10H,2,6-7,17H2,1H3. The Labute approximate surface area is 118 Å². The van der Waals surface area contributed by atoms with E-state index in [0.717, 1.165) is 12.2 Å². The molecule has 0 bridgehead atoms. The Morgan fingerprint density at radius 3 is 2.60 bits per heavy atom. The van der Waals surface area contributed by atoms with Crippen molar-refractivity contribution in [3.8, 4) is 23.0 Å². The molecule has 0 atom stereocenters. The molecule has 0 aliphatic carbocycles. The number of hydrogen-bond donors (Lipinski definition) is 1. The van der Waals surface area contributed by atoms with Gasteiger partial charge in [-0.1, -0.05) is 19.1 Å². The van der Waals surface area contributed by atoms with Crippen LogP contribution in [-0.2, 0) is 6.42 Å². The topological polar surface area (TPSA) is 53.7 Å². The third-order valence-corrected chi connectivity index (χ3v) is 3.21. The van der Waals surface area contributed by atoms with E-state index in [1.54, 1.807) is 12.1 Å². The first-order chi connectivity index (χ1) is 9.76. The summed E-state index contributed by atoms with van der Waals surface area (Å²) in [5.74, 6) is 2.70. The molecule has 2 N–H and O–H groups in total. The second kappa shape index (κ2) is 5.33. The number of aryl methyl sites for hydroxylation is 1. The largest absolute Gasteiger partial charge is 0.486 e. The number of rotatable bonds is 3. The molecule has 1 heterocycles. The fraction of sp³-hybridized carbons (Fsp3) is 0.250. The fourth-order valence-electron chi connectivity index (χ4n) is 2.13. The molecule has 0 saturated carbocycles. The summed E-state index contributed by atoms with van der Waals surface area (Å²) in [6.45, 7) is 3.20. The number of ether oxygens (including phenoxy) is 3. The average molecular weight is 271 g/mol. The van der Waals surface area contributed by atoms with Crippen molar-refractivity contribution < 1.29 is 14.2 Å². The summed E-state index contributed by atoms with van der Waals surface area (Å²) in [7, 11) is 0. The van der Waals surface area contributed by atoms with Crippen molar-refractivity contribution in [2.75, 3.05) is 18.9 Å². The first kappa shape index (κ1) is 12.7. The molecule has 4 nitrogen and oxygen atoms in total. The molecule has 4 heteroatoms. The second-order valence-electron chi connectivity index (χ2n) is 4.64. The van der Waals surface area contributed by atoms with Crippen molar-refractivity contribution >= 4 is 5.69 Å². The Bertz CT molecular complexity index is 625. The monoisotopic (exact) mass is 271 g/mol. The number of nitrogens with two attached hydrogens (primary N) is 1. The minimum atomic E-state index is 0.538. The normalized spacial score (nSPS) is 13.1.